The first-order chi connectivity index (χ1) is 11.6. The van der Waals surface area contributed by atoms with Crippen LogP contribution in [-0.4, -0.2) is 5.91 Å². The lowest BCUT2D eigenvalue weighted by molar-refractivity contribution is 0.0935. The monoisotopic (exact) mass is 321 g/mol. The Hall–Kier alpha value is -2.09. The number of nitrogens with one attached hydrogen (secondary N) is 1. The van der Waals surface area contributed by atoms with Crippen molar-refractivity contribution in [2.24, 2.45) is 0 Å². The molecule has 1 N–H and O–H groups in total. The van der Waals surface area contributed by atoms with Gasteiger partial charge in [-0.2, -0.15) is 0 Å². The van der Waals surface area contributed by atoms with Crippen LogP contribution in [-0.2, 0) is 12.8 Å². The second-order valence-corrected chi connectivity index (χ2v) is 6.99. The summed E-state index contributed by atoms with van der Waals surface area (Å²) in [6.07, 6.45) is 5.84. The third-order valence-electron chi connectivity index (χ3n) is 5.13. The van der Waals surface area contributed by atoms with Crippen molar-refractivity contribution >= 4 is 5.91 Å². The van der Waals surface area contributed by atoms with Crippen molar-refractivity contribution in [3.8, 4) is 0 Å². The van der Waals surface area contributed by atoms with E-state index in [4.69, 9.17) is 0 Å². The molecule has 0 radical (unpaired) electrons. The van der Waals surface area contributed by atoms with Gasteiger partial charge < -0.3 is 5.32 Å². The third-order valence-corrected chi connectivity index (χ3v) is 5.13. The number of carbonyl (C=O) groups is 1. The van der Waals surface area contributed by atoms with Crippen molar-refractivity contribution in [3.63, 3.8) is 0 Å². The first-order valence-corrected chi connectivity index (χ1v) is 9.08. The number of rotatable bonds is 4. The summed E-state index contributed by atoms with van der Waals surface area (Å²) < 4.78 is 0. The van der Waals surface area contributed by atoms with Gasteiger partial charge in [0.2, 0.25) is 0 Å². The normalized spacial score (nSPS) is 14.8. The maximum Gasteiger partial charge on any atom is 0.252 e. The van der Waals surface area contributed by atoms with Crippen molar-refractivity contribution in [3.05, 3.63) is 69.8 Å². The van der Waals surface area contributed by atoms with Gasteiger partial charge in [0, 0.05) is 5.56 Å². The highest BCUT2D eigenvalue weighted by atomic mass is 16.1. The predicted octanol–water partition coefficient (Wildman–Crippen LogP) is 5.06. The number of carbonyl (C=O) groups excluding carboxylic acids is 1. The Morgan fingerprint density at radius 1 is 1.04 bits per heavy atom. The molecule has 0 saturated carbocycles. The Balaban J connectivity index is 1.81. The molecule has 3 rings (SSSR count). The van der Waals surface area contributed by atoms with Gasteiger partial charge in [-0.05, 0) is 74.3 Å². The number of fused-ring (bicyclic) bond motifs is 1. The first kappa shape index (κ1) is 16.8. The Kier molecular flexibility index (Phi) is 5.03. The molecule has 2 nitrogen and oxygen atoms in total. The van der Waals surface area contributed by atoms with Gasteiger partial charge in [-0.3, -0.25) is 4.79 Å². The number of hydrogen-bond donors (Lipinski definition) is 1. The maximum atomic E-state index is 12.7. The van der Waals surface area contributed by atoms with Crippen LogP contribution in [0.1, 0.15) is 70.4 Å². The summed E-state index contributed by atoms with van der Waals surface area (Å²) in [5, 5.41) is 3.24. The molecule has 1 amide bonds. The highest BCUT2D eigenvalue weighted by Gasteiger charge is 2.18. The quantitative estimate of drug-likeness (QED) is 0.837. The van der Waals surface area contributed by atoms with Gasteiger partial charge in [0.05, 0.1) is 6.04 Å². The average Bonchev–Trinajstić information content (AvgIpc) is 2.61. The van der Waals surface area contributed by atoms with E-state index in [2.05, 4.69) is 30.4 Å². The number of benzene rings is 2. The summed E-state index contributed by atoms with van der Waals surface area (Å²) in [6.45, 7) is 6.15. The lowest BCUT2D eigenvalue weighted by Gasteiger charge is -2.22. The molecule has 0 aromatic heterocycles. The molecule has 2 aromatic carbocycles. The van der Waals surface area contributed by atoms with E-state index in [-0.39, 0.29) is 11.9 Å². The summed E-state index contributed by atoms with van der Waals surface area (Å²) in [5.74, 6) is 0.0285. The summed E-state index contributed by atoms with van der Waals surface area (Å²) in [4.78, 5) is 12.7. The van der Waals surface area contributed by atoms with Crippen molar-refractivity contribution in [2.45, 2.75) is 58.9 Å². The minimum atomic E-state index is 0.0285. The zero-order chi connectivity index (χ0) is 17.1. The molecule has 1 aliphatic carbocycles. The molecule has 126 valence electrons. The molecule has 2 aromatic rings. The average molecular weight is 321 g/mol. The topological polar surface area (TPSA) is 29.1 Å². The van der Waals surface area contributed by atoms with E-state index in [0.717, 1.165) is 23.1 Å². The van der Waals surface area contributed by atoms with E-state index in [1.54, 1.807) is 0 Å². The van der Waals surface area contributed by atoms with Crippen molar-refractivity contribution in [1.29, 1.82) is 0 Å². The van der Waals surface area contributed by atoms with E-state index >= 15 is 0 Å². The van der Waals surface area contributed by atoms with E-state index < -0.39 is 0 Å². The molecule has 1 aliphatic rings. The molecule has 0 fully saturated rings. The maximum absolute atomic E-state index is 12.7. The zero-order valence-corrected chi connectivity index (χ0v) is 15.0. The second-order valence-electron chi connectivity index (χ2n) is 6.99. The van der Waals surface area contributed by atoms with Gasteiger partial charge in [-0.15, -0.1) is 0 Å². The Morgan fingerprint density at radius 3 is 2.54 bits per heavy atom. The summed E-state index contributed by atoms with van der Waals surface area (Å²) in [7, 11) is 0. The fraction of sp³-hybridized carbons (Fsp3) is 0.409. The van der Waals surface area contributed by atoms with Gasteiger partial charge in [0.15, 0.2) is 0 Å². The SMILES string of the molecule is CC[C@H](NC(=O)c1cc(C)ccc1C)c1ccc2c(c1)CCCC2. The van der Waals surface area contributed by atoms with E-state index in [9.17, 15) is 4.79 Å². The Bertz CT molecular complexity index is 748. The predicted molar refractivity (Wildman–Crippen MR) is 99.5 cm³/mol. The third kappa shape index (κ3) is 3.53. The molecule has 24 heavy (non-hydrogen) atoms. The van der Waals surface area contributed by atoms with Crippen molar-refractivity contribution in [2.75, 3.05) is 0 Å². The molecule has 0 bridgehead atoms. The summed E-state index contributed by atoms with van der Waals surface area (Å²) in [5.41, 5.74) is 7.12. The minimum Gasteiger partial charge on any atom is -0.345 e. The fourth-order valence-corrected chi connectivity index (χ4v) is 3.61. The van der Waals surface area contributed by atoms with Crippen LogP contribution in [0.3, 0.4) is 0 Å². The van der Waals surface area contributed by atoms with Gasteiger partial charge in [0.1, 0.15) is 0 Å². The molecular weight excluding hydrogens is 294 g/mol. The largest absolute Gasteiger partial charge is 0.345 e. The Labute approximate surface area is 145 Å². The molecule has 0 spiro atoms. The smallest absolute Gasteiger partial charge is 0.252 e. The zero-order valence-electron chi connectivity index (χ0n) is 15.0. The van der Waals surface area contributed by atoms with Crippen LogP contribution in [0.15, 0.2) is 36.4 Å². The number of hydrogen-bond acceptors (Lipinski definition) is 1. The summed E-state index contributed by atoms with van der Waals surface area (Å²) >= 11 is 0. The molecule has 0 heterocycles. The van der Waals surface area contributed by atoms with E-state index in [0.29, 0.717) is 0 Å². The van der Waals surface area contributed by atoms with Crippen molar-refractivity contribution in [1.82, 2.24) is 5.32 Å². The second kappa shape index (κ2) is 7.21. The van der Waals surface area contributed by atoms with E-state index in [1.807, 2.05) is 32.0 Å². The van der Waals surface area contributed by atoms with Gasteiger partial charge in [0.25, 0.3) is 5.91 Å². The van der Waals surface area contributed by atoms with Crippen LogP contribution in [0.5, 0.6) is 0 Å². The number of aryl methyl sites for hydroxylation is 4. The van der Waals surface area contributed by atoms with Crippen LogP contribution < -0.4 is 5.32 Å². The van der Waals surface area contributed by atoms with Crippen LogP contribution in [0.2, 0.25) is 0 Å². The van der Waals surface area contributed by atoms with E-state index in [1.165, 1.54) is 42.4 Å². The van der Waals surface area contributed by atoms with Crippen molar-refractivity contribution < 1.29 is 4.79 Å². The van der Waals surface area contributed by atoms with Crippen LogP contribution in [0.4, 0.5) is 0 Å². The molecular formula is C22H27NO. The Morgan fingerprint density at radius 2 is 1.79 bits per heavy atom. The minimum absolute atomic E-state index is 0.0285. The van der Waals surface area contributed by atoms with Gasteiger partial charge >= 0.3 is 0 Å². The highest BCUT2D eigenvalue weighted by molar-refractivity contribution is 5.96. The number of amides is 1. The lowest BCUT2D eigenvalue weighted by atomic mass is 9.88. The molecule has 0 aliphatic heterocycles. The highest BCUT2D eigenvalue weighted by Crippen LogP contribution is 2.26. The van der Waals surface area contributed by atoms with Crippen LogP contribution >= 0.6 is 0 Å². The standard InChI is InChI=1S/C22H27NO/c1-4-21(19-12-11-17-7-5-6-8-18(17)14-19)23-22(24)20-13-15(2)9-10-16(20)3/h9-14,21H,4-8H2,1-3H3,(H,23,24)/t21-/m0/s1. The summed E-state index contributed by atoms with van der Waals surface area (Å²) in [6, 6.07) is 12.9. The van der Waals surface area contributed by atoms with Gasteiger partial charge in [-0.1, -0.05) is 42.8 Å². The van der Waals surface area contributed by atoms with Crippen LogP contribution in [0.25, 0.3) is 0 Å². The van der Waals surface area contributed by atoms with Crippen LogP contribution in [0, 0.1) is 13.8 Å². The van der Waals surface area contributed by atoms with Gasteiger partial charge in [-0.25, -0.2) is 0 Å². The molecule has 0 unspecified atom stereocenters. The first-order valence-electron chi connectivity index (χ1n) is 9.08. The fourth-order valence-electron chi connectivity index (χ4n) is 3.61. The molecule has 0 saturated heterocycles. The lowest BCUT2D eigenvalue weighted by Crippen LogP contribution is -2.29. The molecule has 1 atom stereocenters. The molecule has 2 heteroatoms.